The second-order valence-electron chi connectivity index (χ2n) is 6.59. The molecule has 0 spiro atoms. The van der Waals surface area contributed by atoms with Gasteiger partial charge in [0.15, 0.2) is 11.5 Å². The lowest BCUT2D eigenvalue weighted by Gasteiger charge is -2.33. The fourth-order valence-corrected chi connectivity index (χ4v) is 4.31. The van der Waals surface area contributed by atoms with Gasteiger partial charge in [-0.25, -0.2) is 14.8 Å². The number of carbonyl (C=O) groups excluding carboxylic acids is 1. The van der Waals surface area contributed by atoms with Crippen molar-refractivity contribution in [2.45, 2.75) is 31.7 Å². The Bertz CT molecular complexity index is 763. The van der Waals surface area contributed by atoms with Gasteiger partial charge < -0.3 is 14.8 Å². The quantitative estimate of drug-likeness (QED) is 0.800. The van der Waals surface area contributed by atoms with E-state index in [-0.39, 0.29) is 29.2 Å². The van der Waals surface area contributed by atoms with Crippen LogP contribution in [0.15, 0.2) is 18.6 Å². The first-order valence-electron chi connectivity index (χ1n) is 7.77. The van der Waals surface area contributed by atoms with Gasteiger partial charge in [0.2, 0.25) is 0 Å². The summed E-state index contributed by atoms with van der Waals surface area (Å²) in [5.41, 5.74) is 0.376. The van der Waals surface area contributed by atoms with Crippen LogP contribution in [0.5, 0.6) is 0 Å². The maximum absolute atomic E-state index is 12.4. The number of carbonyl (C=O) groups is 1. The average Bonchev–Trinajstić information content (AvgIpc) is 3.20. The predicted octanol–water partition coefficient (Wildman–Crippen LogP) is 2.06. The number of amides is 2. The van der Waals surface area contributed by atoms with E-state index in [2.05, 4.69) is 20.6 Å². The summed E-state index contributed by atoms with van der Waals surface area (Å²) in [7, 11) is 0. The van der Waals surface area contributed by atoms with Gasteiger partial charge in [-0.2, -0.15) is 0 Å². The number of nitrogens with one attached hydrogen (secondary N) is 2. The van der Waals surface area contributed by atoms with Crippen molar-refractivity contribution in [2.24, 2.45) is 11.3 Å². The minimum Gasteiger partial charge on any atom is -0.396 e. The maximum atomic E-state index is 12.4. The molecule has 3 atom stereocenters. The lowest BCUT2D eigenvalue weighted by Crippen LogP contribution is -2.48. The van der Waals surface area contributed by atoms with Crippen LogP contribution in [0.25, 0.3) is 5.65 Å². The van der Waals surface area contributed by atoms with Gasteiger partial charge >= 0.3 is 6.03 Å². The van der Waals surface area contributed by atoms with E-state index in [1.807, 2.05) is 0 Å². The molecule has 2 aromatic heterocycles. The third kappa shape index (κ3) is 2.44. The minimum atomic E-state index is -0.338. The Morgan fingerprint density at radius 1 is 1.57 bits per heavy atom. The van der Waals surface area contributed by atoms with Crippen LogP contribution in [-0.2, 0) is 0 Å². The normalized spacial score (nSPS) is 29.1. The fraction of sp³-hybridized carbons (Fsp3) is 0.533. The van der Waals surface area contributed by atoms with E-state index in [9.17, 15) is 9.90 Å². The number of anilines is 1. The zero-order valence-electron chi connectivity index (χ0n) is 12.5. The molecular weight excluding hydrogens is 318 g/mol. The van der Waals surface area contributed by atoms with Crippen molar-refractivity contribution in [3.8, 4) is 0 Å². The summed E-state index contributed by atoms with van der Waals surface area (Å²) in [6.07, 6.45) is 9.02. The molecule has 0 aromatic carbocycles. The van der Waals surface area contributed by atoms with Crippen molar-refractivity contribution >= 4 is 29.1 Å². The number of urea groups is 1. The Kier molecular flexibility index (Phi) is 3.42. The van der Waals surface area contributed by atoms with Crippen LogP contribution in [0.3, 0.4) is 0 Å². The molecule has 2 amide bonds. The molecule has 7 nitrogen and oxygen atoms in total. The molecule has 2 aliphatic rings. The number of fused-ring (bicyclic) bond motifs is 3. The van der Waals surface area contributed by atoms with Crippen molar-refractivity contribution in [3.63, 3.8) is 0 Å². The summed E-state index contributed by atoms with van der Waals surface area (Å²) >= 11 is 5.97. The summed E-state index contributed by atoms with van der Waals surface area (Å²) < 4.78 is 1.71. The number of aromatic nitrogens is 3. The highest BCUT2D eigenvalue weighted by Gasteiger charge is 2.52. The Morgan fingerprint density at radius 2 is 2.43 bits per heavy atom. The first-order valence-corrected chi connectivity index (χ1v) is 8.15. The average molecular weight is 336 g/mol. The molecule has 23 heavy (non-hydrogen) atoms. The maximum Gasteiger partial charge on any atom is 0.320 e. The van der Waals surface area contributed by atoms with Crippen LogP contribution in [0.1, 0.15) is 25.7 Å². The molecule has 0 aliphatic heterocycles. The number of halogens is 1. The number of nitrogens with zero attached hydrogens (tertiary/aromatic N) is 3. The van der Waals surface area contributed by atoms with Crippen LogP contribution in [-0.4, -0.2) is 38.2 Å². The van der Waals surface area contributed by atoms with E-state index in [0.717, 1.165) is 25.7 Å². The van der Waals surface area contributed by atoms with Gasteiger partial charge in [-0.05, 0) is 31.6 Å². The Balaban J connectivity index is 1.51. The molecule has 0 unspecified atom stereocenters. The second-order valence-corrected chi connectivity index (χ2v) is 6.97. The molecule has 2 fully saturated rings. The van der Waals surface area contributed by atoms with Gasteiger partial charge in [0, 0.05) is 30.0 Å². The van der Waals surface area contributed by atoms with Gasteiger partial charge in [-0.3, -0.25) is 5.32 Å². The summed E-state index contributed by atoms with van der Waals surface area (Å²) in [6.45, 7) is 0.119. The van der Waals surface area contributed by atoms with Crippen LogP contribution in [0.2, 0.25) is 5.15 Å². The SMILES string of the molecule is O=C(Nc1nc(Cl)cn2ccnc12)N[C@H]1C[C@H]2CC[C@]1(CO)C2. The largest absolute Gasteiger partial charge is 0.396 e. The van der Waals surface area contributed by atoms with Crippen LogP contribution in [0, 0.1) is 11.3 Å². The van der Waals surface area contributed by atoms with Crippen LogP contribution >= 0.6 is 11.6 Å². The Hall–Kier alpha value is -1.86. The third-order valence-electron chi connectivity index (χ3n) is 5.25. The van der Waals surface area contributed by atoms with Gasteiger partial charge in [0.05, 0.1) is 6.61 Å². The highest BCUT2D eigenvalue weighted by Crippen LogP contribution is 2.53. The van der Waals surface area contributed by atoms with E-state index < -0.39 is 0 Å². The highest BCUT2D eigenvalue weighted by molar-refractivity contribution is 6.29. The monoisotopic (exact) mass is 335 g/mol. The first-order chi connectivity index (χ1) is 11.1. The van der Waals surface area contributed by atoms with Crippen molar-refractivity contribution < 1.29 is 9.90 Å². The predicted molar refractivity (Wildman–Crippen MR) is 85.4 cm³/mol. The van der Waals surface area contributed by atoms with Crippen LogP contribution in [0.4, 0.5) is 10.6 Å². The van der Waals surface area contributed by atoms with Crippen LogP contribution < -0.4 is 10.6 Å². The molecule has 3 N–H and O–H groups in total. The van der Waals surface area contributed by atoms with Crippen molar-refractivity contribution in [1.29, 1.82) is 0 Å². The lowest BCUT2D eigenvalue weighted by atomic mass is 9.80. The van der Waals surface area contributed by atoms with Gasteiger partial charge in [-0.1, -0.05) is 11.6 Å². The van der Waals surface area contributed by atoms with Gasteiger partial charge in [0.1, 0.15) is 5.15 Å². The topological polar surface area (TPSA) is 91.6 Å². The molecule has 2 heterocycles. The molecule has 0 saturated heterocycles. The molecule has 122 valence electrons. The standard InChI is InChI=1S/C15H18ClN5O2/c16-11-7-21-4-3-17-13(21)12(19-11)20-14(23)18-10-5-9-1-2-15(10,6-9)8-22/h3-4,7,9-10,22H,1-2,5-6,8H2,(H2,18,19,20,23)/t9-,10+,15-/m1/s1. The summed E-state index contributed by atoms with van der Waals surface area (Å²) in [5.74, 6) is 0.928. The van der Waals surface area contributed by atoms with Crippen molar-refractivity contribution in [1.82, 2.24) is 19.7 Å². The molecule has 2 aliphatic carbocycles. The Morgan fingerprint density at radius 3 is 3.22 bits per heavy atom. The van der Waals surface area contributed by atoms with Crippen molar-refractivity contribution in [3.05, 3.63) is 23.7 Å². The molecule has 2 saturated carbocycles. The number of rotatable bonds is 3. The second kappa shape index (κ2) is 5.35. The van der Waals surface area contributed by atoms with Gasteiger partial charge in [0.25, 0.3) is 0 Å². The van der Waals surface area contributed by atoms with E-state index in [1.54, 1.807) is 23.0 Å². The molecular formula is C15H18ClN5O2. The number of hydrogen-bond acceptors (Lipinski definition) is 4. The summed E-state index contributed by atoms with van der Waals surface area (Å²) in [6, 6.07) is -0.337. The summed E-state index contributed by atoms with van der Waals surface area (Å²) in [4.78, 5) is 20.7. The third-order valence-corrected chi connectivity index (χ3v) is 5.43. The molecule has 8 heteroatoms. The highest BCUT2D eigenvalue weighted by atomic mass is 35.5. The minimum absolute atomic E-state index is 0.00111. The van der Waals surface area contributed by atoms with E-state index in [1.165, 1.54) is 0 Å². The van der Waals surface area contributed by atoms with E-state index in [0.29, 0.717) is 17.4 Å². The molecule has 0 radical (unpaired) electrons. The molecule has 2 bridgehead atoms. The smallest absolute Gasteiger partial charge is 0.320 e. The molecule has 4 rings (SSSR count). The lowest BCUT2D eigenvalue weighted by molar-refractivity contribution is 0.104. The van der Waals surface area contributed by atoms with Crippen molar-refractivity contribution in [2.75, 3.05) is 11.9 Å². The first kappa shape index (κ1) is 14.7. The molecule has 2 aromatic rings. The van der Waals surface area contributed by atoms with Gasteiger partial charge in [-0.15, -0.1) is 0 Å². The zero-order valence-corrected chi connectivity index (χ0v) is 13.3. The fourth-order valence-electron chi connectivity index (χ4n) is 4.12. The number of hydrogen-bond donors (Lipinski definition) is 3. The number of imidazole rings is 1. The number of aliphatic hydroxyl groups is 1. The van der Waals surface area contributed by atoms with E-state index in [4.69, 9.17) is 11.6 Å². The summed E-state index contributed by atoms with van der Waals surface area (Å²) in [5, 5.41) is 15.8. The van der Waals surface area contributed by atoms with E-state index >= 15 is 0 Å². The zero-order chi connectivity index (χ0) is 16.0. The number of aliphatic hydroxyl groups excluding tert-OH is 1. The Labute approximate surface area is 138 Å².